The maximum atomic E-state index is 4.14. The van der Waals surface area contributed by atoms with Crippen LogP contribution in [0.1, 0.15) is 26.0 Å². The highest BCUT2D eigenvalue weighted by molar-refractivity contribution is 9.09. The van der Waals surface area contributed by atoms with E-state index in [1.54, 1.807) is 0 Å². The van der Waals surface area contributed by atoms with Crippen LogP contribution in [0.5, 0.6) is 0 Å². The summed E-state index contributed by atoms with van der Waals surface area (Å²) in [5, 5.41) is 4.14. The second-order valence-electron chi connectivity index (χ2n) is 3.74. The lowest BCUT2D eigenvalue weighted by Gasteiger charge is -2.12. The van der Waals surface area contributed by atoms with Gasteiger partial charge in [-0.2, -0.15) is 5.10 Å². The van der Waals surface area contributed by atoms with Crippen LogP contribution in [0.4, 0.5) is 0 Å². The Labute approximate surface area is 88.5 Å². The van der Waals surface area contributed by atoms with Crippen LogP contribution < -0.4 is 0 Å². The molecule has 0 fully saturated rings. The molecule has 74 valence electrons. The van der Waals surface area contributed by atoms with Gasteiger partial charge in [0.15, 0.2) is 0 Å². The zero-order valence-corrected chi connectivity index (χ0v) is 10.1. The average molecular weight is 245 g/mol. The summed E-state index contributed by atoms with van der Waals surface area (Å²) in [4.78, 5) is 0.613. The molecule has 0 bridgehead atoms. The normalized spacial score (nSPS) is 13.6. The third-order valence-corrected chi connectivity index (χ3v) is 3.84. The van der Waals surface area contributed by atoms with Gasteiger partial charge in [-0.15, -0.1) is 0 Å². The van der Waals surface area contributed by atoms with Crippen molar-refractivity contribution >= 4 is 15.9 Å². The van der Waals surface area contributed by atoms with Gasteiger partial charge in [-0.25, -0.2) is 0 Å². The summed E-state index contributed by atoms with van der Waals surface area (Å²) in [6.45, 7) is 4.48. The molecule has 0 aliphatic rings. The number of halogens is 1. The third kappa shape index (κ3) is 3.14. The smallest absolute Gasteiger partial charge is 0.0492 e. The summed E-state index contributed by atoms with van der Waals surface area (Å²) in [6, 6.07) is 2.08. The predicted octanol–water partition coefficient (Wildman–Crippen LogP) is 2.77. The first-order valence-corrected chi connectivity index (χ1v) is 5.63. The van der Waals surface area contributed by atoms with E-state index in [0.29, 0.717) is 10.7 Å². The van der Waals surface area contributed by atoms with Crippen LogP contribution in [0.25, 0.3) is 0 Å². The molecule has 3 heteroatoms. The van der Waals surface area contributed by atoms with E-state index in [1.165, 1.54) is 12.1 Å². The molecule has 13 heavy (non-hydrogen) atoms. The van der Waals surface area contributed by atoms with Crippen molar-refractivity contribution in [2.24, 2.45) is 13.0 Å². The van der Waals surface area contributed by atoms with E-state index in [4.69, 9.17) is 0 Å². The Balaban J connectivity index is 2.39. The molecule has 1 heterocycles. The van der Waals surface area contributed by atoms with Crippen LogP contribution in [0.15, 0.2) is 12.3 Å². The zero-order valence-electron chi connectivity index (χ0n) is 8.50. The van der Waals surface area contributed by atoms with E-state index < -0.39 is 0 Å². The van der Waals surface area contributed by atoms with E-state index in [-0.39, 0.29) is 0 Å². The average Bonchev–Trinajstić information content (AvgIpc) is 2.47. The summed E-state index contributed by atoms with van der Waals surface area (Å²) >= 11 is 3.68. The minimum Gasteiger partial charge on any atom is -0.273 e. The highest BCUT2D eigenvalue weighted by Crippen LogP contribution is 2.18. The van der Waals surface area contributed by atoms with Gasteiger partial charge in [-0.3, -0.25) is 4.68 Å². The molecule has 0 aromatic carbocycles. The van der Waals surface area contributed by atoms with Gasteiger partial charge in [0.1, 0.15) is 0 Å². The topological polar surface area (TPSA) is 17.8 Å². The van der Waals surface area contributed by atoms with Crippen LogP contribution in [0.3, 0.4) is 0 Å². The monoisotopic (exact) mass is 244 g/mol. The maximum absolute atomic E-state index is 4.14. The van der Waals surface area contributed by atoms with Crippen LogP contribution >= 0.6 is 15.9 Å². The maximum Gasteiger partial charge on any atom is 0.0492 e. The summed E-state index contributed by atoms with van der Waals surface area (Å²) < 4.78 is 1.94. The first-order valence-electron chi connectivity index (χ1n) is 4.72. The Bertz CT molecular complexity index is 255. The van der Waals surface area contributed by atoms with Crippen LogP contribution in [-0.2, 0) is 13.5 Å². The molecule has 1 unspecified atom stereocenters. The van der Waals surface area contributed by atoms with Crippen LogP contribution in [-0.4, -0.2) is 14.6 Å². The fourth-order valence-corrected chi connectivity index (χ4v) is 1.49. The lowest BCUT2D eigenvalue weighted by atomic mass is 10.1. The number of nitrogens with zero attached hydrogens (tertiary/aromatic N) is 2. The Hall–Kier alpha value is -0.310. The number of aryl methyl sites for hydroxylation is 2. The second-order valence-corrected chi connectivity index (χ2v) is 4.92. The molecule has 1 aromatic heterocycles. The van der Waals surface area contributed by atoms with Gasteiger partial charge >= 0.3 is 0 Å². The van der Waals surface area contributed by atoms with E-state index in [2.05, 4.69) is 40.9 Å². The molecule has 0 saturated heterocycles. The van der Waals surface area contributed by atoms with Gasteiger partial charge in [-0.1, -0.05) is 29.8 Å². The van der Waals surface area contributed by atoms with Crippen molar-refractivity contribution in [2.75, 3.05) is 0 Å². The van der Waals surface area contributed by atoms with Crippen LogP contribution in [0, 0.1) is 5.92 Å². The largest absolute Gasteiger partial charge is 0.273 e. The molecule has 1 aromatic rings. The molecule has 0 spiro atoms. The number of rotatable bonds is 4. The van der Waals surface area contributed by atoms with Crippen molar-refractivity contribution in [3.63, 3.8) is 0 Å². The zero-order chi connectivity index (χ0) is 9.84. The Kier molecular flexibility index (Phi) is 3.97. The first-order chi connectivity index (χ1) is 6.11. The van der Waals surface area contributed by atoms with E-state index in [0.717, 1.165) is 6.42 Å². The molecule has 1 atom stereocenters. The molecule has 0 aliphatic carbocycles. The van der Waals surface area contributed by atoms with E-state index in [1.807, 2.05) is 17.9 Å². The van der Waals surface area contributed by atoms with Gasteiger partial charge in [0.2, 0.25) is 0 Å². The number of alkyl halides is 1. The SMILES string of the molecule is CC(C)C(Br)CCc1ccnn1C. The van der Waals surface area contributed by atoms with Crippen molar-refractivity contribution in [1.82, 2.24) is 9.78 Å². The summed E-state index contributed by atoms with van der Waals surface area (Å²) in [7, 11) is 1.99. The number of aromatic nitrogens is 2. The lowest BCUT2D eigenvalue weighted by Crippen LogP contribution is -2.09. The van der Waals surface area contributed by atoms with Crippen molar-refractivity contribution in [2.45, 2.75) is 31.5 Å². The minimum atomic E-state index is 0.613. The van der Waals surface area contributed by atoms with Crippen LogP contribution in [0.2, 0.25) is 0 Å². The van der Waals surface area contributed by atoms with Gasteiger partial charge in [-0.05, 0) is 24.8 Å². The molecule has 0 radical (unpaired) electrons. The molecule has 2 nitrogen and oxygen atoms in total. The van der Waals surface area contributed by atoms with Crippen molar-refractivity contribution in [3.8, 4) is 0 Å². The van der Waals surface area contributed by atoms with Crippen molar-refractivity contribution in [1.29, 1.82) is 0 Å². The highest BCUT2D eigenvalue weighted by Gasteiger charge is 2.09. The Morgan fingerprint density at radius 1 is 1.54 bits per heavy atom. The molecule has 0 N–H and O–H groups in total. The first kappa shape index (κ1) is 10.8. The standard InChI is InChI=1S/C10H17BrN2/c1-8(2)10(11)5-4-9-6-7-12-13(9)3/h6-8,10H,4-5H2,1-3H3. The van der Waals surface area contributed by atoms with Gasteiger partial charge in [0.25, 0.3) is 0 Å². The molecular formula is C10H17BrN2. The Morgan fingerprint density at radius 3 is 2.69 bits per heavy atom. The fourth-order valence-electron chi connectivity index (χ4n) is 1.27. The third-order valence-electron chi connectivity index (χ3n) is 2.32. The number of hydrogen-bond donors (Lipinski definition) is 0. The Morgan fingerprint density at radius 2 is 2.23 bits per heavy atom. The van der Waals surface area contributed by atoms with Crippen molar-refractivity contribution < 1.29 is 0 Å². The molecule has 0 aliphatic heterocycles. The quantitative estimate of drug-likeness (QED) is 0.746. The lowest BCUT2D eigenvalue weighted by molar-refractivity contribution is 0.568. The fraction of sp³-hybridized carbons (Fsp3) is 0.700. The van der Waals surface area contributed by atoms with E-state index in [9.17, 15) is 0 Å². The highest BCUT2D eigenvalue weighted by atomic mass is 79.9. The van der Waals surface area contributed by atoms with Gasteiger partial charge in [0.05, 0.1) is 0 Å². The molecule has 0 amide bonds. The number of hydrogen-bond acceptors (Lipinski definition) is 1. The second kappa shape index (κ2) is 4.80. The minimum absolute atomic E-state index is 0.613. The summed E-state index contributed by atoms with van der Waals surface area (Å²) in [6.07, 6.45) is 4.13. The molecule has 1 rings (SSSR count). The molecule has 0 saturated carbocycles. The summed E-state index contributed by atoms with van der Waals surface area (Å²) in [5.74, 6) is 0.702. The van der Waals surface area contributed by atoms with Crippen molar-refractivity contribution in [3.05, 3.63) is 18.0 Å². The predicted molar refractivity (Wildman–Crippen MR) is 59.1 cm³/mol. The van der Waals surface area contributed by atoms with Gasteiger partial charge in [0, 0.05) is 23.8 Å². The molecular weight excluding hydrogens is 228 g/mol. The van der Waals surface area contributed by atoms with E-state index >= 15 is 0 Å². The van der Waals surface area contributed by atoms with Gasteiger partial charge < -0.3 is 0 Å². The summed E-state index contributed by atoms with van der Waals surface area (Å²) in [5.41, 5.74) is 1.31.